The molecule has 7 heteroatoms. The van der Waals surface area contributed by atoms with Gasteiger partial charge in [-0.25, -0.2) is 9.18 Å². The molecule has 2 amide bonds. The number of nitrogens with zero attached hydrogens (tertiary/aromatic N) is 3. The van der Waals surface area contributed by atoms with Crippen LogP contribution in [0.25, 0.3) is 10.9 Å². The van der Waals surface area contributed by atoms with Gasteiger partial charge in [0.15, 0.2) is 0 Å². The van der Waals surface area contributed by atoms with Gasteiger partial charge in [-0.1, -0.05) is 30.3 Å². The van der Waals surface area contributed by atoms with E-state index < -0.39 is 0 Å². The molecule has 6 nitrogen and oxygen atoms in total. The standard InChI is InChI=1S/C22H25FN4O2/c1-29-15-14-27-16-19(17-6-2-4-8-20(17)27)24-22(28)26-12-10-25(11-13-26)21-9-5-3-7-18(21)23/h2-9,16H,10-15H2,1H3,(H,24,28). The number of halogens is 1. The number of urea groups is 1. The van der Waals surface area contributed by atoms with Crippen molar-refractivity contribution in [3.8, 4) is 0 Å². The monoisotopic (exact) mass is 396 g/mol. The number of nitrogens with one attached hydrogen (secondary N) is 1. The van der Waals surface area contributed by atoms with Gasteiger partial charge >= 0.3 is 6.03 Å². The number of amides is 2. The first-order chi connectivity index (χ1) is 14.2. The molecule has 1 saturated heterocycles. The van der Waals surface area contributed by atoms with Crippen molar-refractivity contribution in [2.24, 2.45) is 0 Å². The number of methoxy groups -OCH3 is 1. The van der Waals surface area contributed by atoms with Gasteiger partial charge in [0.2, 0.25) is 0 Å². The van der Waals surface area contributed by atoms with E-state index in [2.05, 4.69) is 9.88 Å². The van der Waals surface area contributed by atoms with Crippen molar-refractivity contribution in [1.82, 2.24) is 9.47 Å². The molecule has 2 aromatic carbocycles. The molecule has 0 bridgehead atoms. The summed E-state index contributed by atoms with van der Waals surface area (Å²) < 4.78 is 21.3. The van der Waals surface area contributed by atoms with E-state index in [9.17, 15) is 9.18 Å². The topological polar surface area (TPSA) is 49.7 Å². The van der Waals surface area contributed by atoms with Crippen molar-refractivity contribution >= 4 is 28.3 Å². The van der Waals surface area contributed by atoms with Gasteiger partial charge in [0.1, 0.15) is 5.82 Å². The van der Waals surface area contributed by atoms with Crippen LogP contribution in [0.4, 0.5) is 20.6 Å². The zero-order valence-electron chi connectivity index (χ0n) is 16.5. The summed E-state index contributed by atoms with van der Waals surface area (Å²) >= 11 is 0. The molecule has 0 unspecified atom stereocenters. The van der Waals surface area contributed by atoms with Crippen molar-refractivity contribution in [2.45, 2.75) is 6.54 Å². The first kappa shape index (κ1) is 19.3. The molecule has 0 aliphatic carbocycles. The number of para-hydroxylation sites is 2. The molecule has 2 heterocycles. The second kappa shape index (κ2) is 8.53. The molecule has 1 aliphatic heterocycles. The van der Waals surface area contributed by atoms with Crippen LogP contribution in [0.1, 0.15) is 0 Å². The minimum Gasteiger partial charge on any atom is -0.383 e. The van der Waals surface area contributed by atoms with E-state index in [-0.39, 0.29) is 11.8 Å². The Kier molecular flexibility index (Phi) is 5.67. The molecule has 1 fully saturated rings. The van der Waals surface area contributed by atoms with Crippen LogP contribution in [0.15, 0.2) is 54.7 Å². The molecular weight excluding hydrogens is 371 g/mol. The second-order valence-electron chi connectivity index (χ2n) is 7.10. The molecular formula is C22H25FN4O2. The number of hydrogen-bond donors (Lipinski definition) is 1. The number of anilines is 2. The molecule has 3 aromatic rings. The third kappa shape index (κ3) is 4.05. The highest BCUT2D eigenvalue weighted by molar-refractivity contribution is 6.01. The van der Waals surface area contributed by atoms with Gasteiger partial charge in [0.05, 0.1) is 23.5 Å². The lowest BCUT2D eigenvalue weighted by atomic mass is 10.2. The average Bonchev–Trinajstić information content (AvgIpc) is 3.10. The Morgan fingerprint density at radius 2 is 1.79 bits per heavy atom. The van der Waals surface area contributed by atoms with Crippen LogP contribution in [0.5, 0.6) is 0 Å². The van der Waals surface area contributed by atoms with Crippen LogP contribution < -0.4 is 10.2 Å². The van der Waals surface area contributed by atoms with Crippen LogP contribution in [-0.4, -0.2) is 55.4 Å². The molecule has 0 radical (unpaired) electrons. The lowest BCUT2D eigenvalue weighted by Crippen LogP contribution is -2.50. The largest absolute Gasteiger partial charge is 0.383 e. The number of piperazine rings is 1. The number of hydrogen-bond acceptors (Lipinski definition) is 3. The maximum absolute atomic E-state index is 14.0. The van der Waals surface area contributed by atoms with E-state index in [0.717, 1.165) is 16.6 Å². The van der Waals surface area contributed by atoms with E-state index >= 15 is 0 Å². The van der Waals surface area contributed by atoms with E-state index in [1.54, 1.807) is 24.1 Å². The van der Waals surface area contributed by atoms with E-state index in [1.165, 1.54) is 6.07 Å². The number of aromatic nitrogens is 1. The summed E-state index contributed by atoms with van der Waals surface area (Å²) in [6, 6.07) is 14.6. The first-order valence-corrected chi connectivity index (χ1v) is 9.79. The summed E-state index contributed by atoms with van der Waals surface area (Å²) in [5.41, 5.74) is 2.44. The zero-order valence-corrected chi connectivity index (χ0v) is 16.5. The Morgan fingerprint density at radius 3 is 2.55 bits per heavy atom. The van der Waals surface area contributed by atoms with Crippen molar-refractivity contribution in [1.29, 1.82) is 0 Å². The van der Waals surface area contributed by atoms with Gasteiger partial charge in [0, 0.05) is 51.4 Å². The fourth-order valence-corrected chi connectivity index (χ4v) is 3.77. The Labute approximate surface area is 169 Å². The highest BCUT2D eigenvalue weighted by Gasteiger charge is 2.23. The predicted octanol–water partition coefficient (Wildman–Crippen LogP) is 3.78. The molecule has 29 heavy (non-hydrogen) atoms. The zero-order chi connectivity index (χ0) is 20.2. The van der Waals surface area contributed by atoms with Gasteiger partial charge in [-0.15, -0.1) is 0 Å². The molecule has 1 N–H and O–H groups in total. The van der Waals surface area contributed by atoms with Crippen molar-refractivity contribution < 1.29 is 13.9 Å². The summed E-state index contributed by atoms with van der Waals surface area (Å²) in [6.07, 6.45) is 1.96. The third-order valence-corrected chi connectivity index (χ3v) is 5.33. The second-order valence-corrected chi connectivity index (χ2v) is 7.10. The lowest BCUT2D eigenvalue weighted by Gasteiger charge is -2.36. The fourth-order valence-electron chi connectivity index (χ4n) is 3.77. The van der Waals surface area contributed by atoms with Crippen LogP contribution in [0, 0.1) is 5.82 Å². The number of carbonyl (C=O) groups excluding carboxylic acids is 1. The summed E-state index contributed by atoms with van der Waals surface area (Å²) in [6.45, 7) is 3.61. The number of carbonyl (C=O) groups is 1. The Morgan fingerprint density at radius 1 is 1.07 bits per heavy atom. The maximum Gasteiger partial charge on any atom is 0.322 e. The summed E-state index contributed by atoms with van der Waals surface area (Å²) in [5, 5.41) is 4.05. The van der Waals surface area contributed by atoms with Crippen LogP contribution in [0.3, 0.4) is 0 Å². The average molecular weight is 396 g/mol. The minimum absolute atomic E-state index is 0.132. The molecule has 4 rings (SSSR count). The summed E-state index contributed by atoms with van der Waals surface area (Å²) in [7, 11) is 1.68. The highest BCUT2D eigenvalue weighted by Crippen LogP contribution is 2.26. The Balaban J connectivity index is 1.43. The van der Waals surface area contributed by atoms with Crippen molar-refractivity contribution in [3.63, 3.8) is 0 Å². The Hall–Kier alpha value is -3.06. The smallest absolute Gasteiger partial charge is 0.322 e. The molecule has 0 atom stereocenters. The Bertz CT molecular complexity index is 995. The summed E-state index contributed by atoms with van der Waals surface area (Å²) in [5.74, 6) is -0.228. The van der Waals surface area contributed by atoms with Crippen molar-refractivity contribution in [2.75, 3.05) is 50.1 Å². The number of benzene rings is 2. The molecule has 152 valence electrons. The number of ether oxygens (including phenoxy) is 1. The van der Waals surface area contributed by atoms with Gasteiger partial charge in [-0.2, -0.15) is 0 Å². The van der Waals surface area contributed by atoms with E-state index in [4.69, 9.17) is 4.74 Å². The lowest BCUT2D eigenvalue weighted by molar-refractivity contribution is 0.188. The molecule has 0 saturated carbocycles. The van der Waals surface area contributed by atoms with Crippen LogP contribution in [0.2, 0.25) is 0 Å². The third-order valence-electron chi connectivity index (χ3n) is 5.33. The van der Waals surface area contributed by atoms with Gasteiger partial charge in [-0.05, 0) is 18.2 Å². The normalized spacial score (nSPS) is 14.4. The van der Waals surface area contributed by atoms with Crippen LogP contribution in [-0.2, 0) is 11.3 Å². The molecule has 0 spiro atoms. The van der Waals surface area contributed by atoms with Gasteiger partial charge in [0.25, 0.3) is 0 Å². The number of fused-ring (bicyclic) bond motifs is 1. The molecule has 1 aliphatic rings. The maximum atomic E-state index is 14.0. The van der Waals surface area contributed by atoms with E-state index in [1.807, 2.05) is 41.4 Å². The van der Waals surface area contributed by atoms with Gasteiger partial charge < -0.3 is 24.4 Å². The van der Waals surface area contributed by atoms with Gasteiger partial charge in [-0.3, -0.25) is 0 Å². The first-order valence-electron chi connectivity index (χ1n) is 9.79. The quantitative estimate of drug-likeness (QED) is 0.714. The predicted molar refractivity (Wildman–Crippen MR) is 113 cm³/mol. The van der Waals surface area contributed by atoms with Crippen molar-refractivity contribution in [3.05, 3.63) is 60.5 Å². The number of rotatable bonds is 5. The highest BCUT2D eigenvalue weighted by atomic mass is 19.1. The molecule has 1 aromatic heterocycles. The minimum atomic E-state index is -0.228. The fraction of sp³-hybridized carbons (Fsp3) is 0.318. The van der Waals surface area contributed by atoms with E-state index in [0.29, 0.717) is 45.0 Å². The van der Waals surface area contributed by atoms with Crippen LogP contribution >= 0.6 is 0 Å². The summed E-state index contributed by atoms with van der Waals surface area (Å²) in [4.78, 5) is 16.6. The SMILES string of the molecule is COCCn1cc(NC(=O)N2CCN(c3ccccc3F)CC2)c2ccccc21.